The molecule has 29 heavy (non-hydrogen) atoms. The van der Waals surface area contributed by atoms with E-state index < -0.39 is 42.7 Å². The fourth-order valence-electron chi connectivity index (χ4n) is 2.51. The first-order valence-electron chi connectivity index (χ1n) is 8.54. The minimum Gasteiger partial charge on any atom is -0.454 e. The summed E-state index contributed by atoms with van der Waals surface area (Å²) in [6, 6.07) is 9.00. The van der Waals surface area contributed by atoms with Crippen LogP contribution in [0.5, 0.6) is 0 Å². The maximum Gasteiger partial charge on any atom is 0.416 e. The van der Waals surface area contributed by atoms with Crippen LogP contribution in [0, 0.1) is 13.8 Å². The van der Waals surface area contributed by atoms with Crippen LogP contribution in [-0.2, 0) is 20.5 Å². The van der Waals surface area contributed by atoms with E-state index in [1.807, 2.05) is 19.9 Å². The van der Waals surface area contributed by atoms with Gasteiger partial charge in [-0.15, -0.1) is 0 Å². The highest BCUT2D eigenvalue weighted by Crippen LogP contribution is 2.29. The minimum atomic E-state index is -4.50. The SMILES string of the molecule is Cc1cc(C)cc(NC(=O)COC(=O)CNC(=O)c2ccc(C(F)(F)F)cc2)c1. The molecular weight excluding hydrogens is 389 g/mol. The molecule has 2 aromatic rings. The van der Waals surface area contributed by atoms with Gasteiger partial charge in [-0.3, -0.25) is 14.4 Å². The van der Waals surface area contributed by atoms with Crippen LogP contribution in [-0.4, -0.2) is 30.9 Å². The Morgan fingerprint density at radius 1 is 0.966 bits per heavy atom. The lowest BCUT2D eigenvalue weighted by molar-refractivity contribution is -0.146. The third kappa shape index (κ3) is 6.95. The molecule has 2 N–H and O–H groups in total. The number of esters is 1. The van der Waals surface area contributed by atoms with E-state index in [-0.39, 0.29) is 5.56 Å². The van der Waals surface area contributed by atoms with Crippen LogP contribution in [0.2, 0.25) is 0 Å². The minimum absolute atomic E-state index is 0.0432. The van der Waals surface area contributed by atoms with Crippen LogP contribution in [0.15, 0.2) is 42.5 Å². The zero-order chi connectivity index (χ0) is 21.6. The maximum absolute atomic E-state index is 12.5. The van der Waals surface area contributed by atoms with Crippen molar-refractivity contribution in [3.8, 4) is 0 Å². The van der Waals surface area contributed by atoms with Gasteiger partial charge in [-0.1, -0.05) is 6.07 Å². The number of alkyl halides is 3. The fourth-order valence-corrected chi connectivity index (χ4v) is 2.51. The quantitative estimate of drug-likeness (QED) is 0.719. The van der Waals surface area contributed by atoms with Crippen molar-refractivity contribution < 1.29 is 32.3 Å². The molecule has 0 fully saturated rings. The second-order valence-corrected chi connectivity index (χ2v) is 6.34. The zero-order valence-corrected chi connectivity index (χ0v) is 15.7. The van der Waals surface area contributed by atoms with Gasteiger partial charge in [0.15, 0.2) is 6.61 Å². The molecule has 0 unspecified atom stereocenters. The van der Waals surface area contributed by atoms with Crippen LogP contribution in [0.1, 0.15) is 27.0 Å². The number of benzene rings is 2. The number of rotatable bonds is 6. The normalized spacial score (nSPS) is 10.9. The van der Waals surface area contributed by atoms with Crippen molar-refractivity contribution >= 4 is 23.5 Å². The van der Waals surface area contributed by atoms with Crippen LogP contribution in [0.3, 0.4) is 0 Å². The van der Waals surface area contributed by atoms with Crippen molar-refractivity contribution in [1.29, 1.82) is 0 Å². The summed E-state index contributed by atoms with van der Waals surface area (Å²) in [7, 11) is 0. The summed E-state index contributed by atoms with van der Waals surface area (Å²) in [5.41, 5.74) is 1.56. The highest BCUT2D eigenvalue weighted by molar-refractivity contribution is 5.96. The van der Waals surface area contributed by atoms with Crippen molar-refractivity contribution in [3.05, 3.63) is 64.7 Å². The summed E-state index contributed by atoms with van der Waals surface area (Å²) in [5.74, 6) is -2.14. The number of anilines is 1. The Bertz CT molecular complexity index is 889. The Morgan fingerprint density at radius 3 is 2.10 bits per heavy atom. The van der Waals surface area contributed by atoms with Crippen molar-refractivity contribution in [2.45, 2.75) is 20.0 Å². The first-order chi connectivity index (χ1) is 13.5. The van der Waals surface area contributed by atoms with Crippen LogP contribution >= 0.6 is 0 Å². The van der Waals surface area contributed by atoms with Gasteiger partial charge in [0, 0.05) is 11.3 Å². The average Bonchev–Trinajstić information content (AvgIpc) is 2.63. The molecule has 2 aromatic carbocycles. The molecule has 0 atom stereocenters. The molecule has 0 aliphatic heterocycles. The standard InChI is InChI=1S/C20H19F3N2O4/c1-12-7-13(2)9-16(8-12)25-17(26)11-29-18(27)10-24-19(28)14-3-5-15(6-4-14)20(21,22)23/h3-9H,10-11H2,1-2H3,(H,24,28)(H,25,26). The molecule has 0 saturated heterocycles. The van der Waals surface area contributed by atoms with Crippen molar-refractivity contribution in [1.82, 2.24) is 5.32 Å². The van der Waals surface area contributed by atoms with Crippen LogP contribution in [0.4, 0.5) is 18.9 Å². The van der Waals surface area contributed by atoms with Gasteiger partial charge in [0.25, 0.3) is 11.8 Å². The predicted octanol–water partition coefficient (Wildman–Crippen LogP) is 3.23. The van der Waals surface area contributed by atoms with Crippen molar-refractivity contribution in [2.24, 2.45) is 0 Å². The molecule has 154 valence electrons. The Labute approximate surface area is 165 Å². The Balaban J connectivity index is 1.77. The molecule has 0 heterocycles. The van der Waals surface area contributed by atoms with E-state index in [2.05, 4.69) is 10.6 Å². The van der Waals surface area contributed by atoms with Gasteiger partial charge in [-0.25, -0.2) is 0 Å². The number of hydrogen-bond acceptors (Lipinski definition) is 4. The number of hydrogen-bond donors (Lipinski definition) is 2. The van der Waals surface area contributed by atoms with Gasteiger partial charge >= 0.3 is 12.1 Å². The zero-order valence-electron chi connectivity index (χ0n) is 15.7. The summed E-state index contributed by atoms with van der Waals surface area (Å²) >= 11 is 0. The van der Waals surface area contributed by atoms with Crippen molar-refractivity contribution in [2.75, 3.05) is 18.5 Å². The lowest BCUT2D eigenvalue weighted by atomic mass is 10.1. The van der Waals surface area contributed by atoms with E-state index in [1.165, 1.54) is 0 Å². The topological polar surface area (TPSA) is 84.5 Å². The summed E-state index contributed by atoms with van der Waals surface area (Å²) in [5, 5.41) is 4.81. The number of aryl methyl sites for hydroxylation is 2. The van der Waals surface area contributed by atoms with Gasteiger partial charge in [-0.05, 0) is 61.4 Å². The summed E-state index contributed by atoms with van der Waals surface area (Å²) < 4.78 is 42.3. The maximum atomic E-state index is 12.5. The smallest absolute Gasteiger partial charge is 0.416 e. The number of carbonyl (C=O) groups excluding carboxylic acids is 3. The van der Waals surface area contributed by atoms with Crippen LogP contribution in [0.25, 0.3) is 0 Å². The molecule has 2 rings (SSSR count). The van der Waals surface area contributed by atoms with Gasteiger partial charge in [0.1, 0.15) is 6.54 Å². The molecule has 0 aliphatic carbocycles. The largest absolute Gasteiger partial charge is 0.454 e. The highest BCUT2D eigenvalue weighted by atomic mass is 19.4. The molecule has 0 spiro atoms. The molecule has 0 radical (unpaired) electrons. The summed E-state index contributed by atoms with van der Waals surface area (Å²) in [4.78, 5) is 35.4. The first kappa shape index (κ1) is 21.9. The van der Waals surface area contributed by atoms with Gasteiger partial charge < -0.3 is 15.4 Å². The Kier molecular flexibility index (Phi) is 6.98. The van der Waals surface area contributed by atoms with E-state index in [0.717, 1.165) is 35.4 Å². The number of ether oxygens (including phenoxy) is 1. The predicted molar refractivity (Wildman–Crippen MR) is 99.3 cm³/mol. The molecule has 9 heteroatoms. The third-order valence-electron chi connectivity index (χ3n) is 3.74. The van der Waals surface area contributed by atoms with Gasteiger partial charge in [-0.2, -0.15) is 13.2 Å². The average molecular weight is 408 g/mol. The molecule has 0 aliphatic rings. The molecule has 0 saturated carbocycles. The Morgan fingerprint density at radius 2 is 1.55 bits per heavy atom. The van der Waals surface area contributed by atoms with Crippen LogP contribution < -0.4 is 10.6 Å². The molecule has 2 amide bonds. The van der Waals surface area contributed by atoms with Gasteiger partial charge in [0.2, 0.25) is 0 Å². The molecule has 0 bridgehead atoms. The Hall–Kier alpha value is -3.36. The summed E-state index contributed by atoms with van der Waals surface area (Å²) in [6.45, 7) is 2.68. The highest BCUT2D eigenvalue weighted by Gasteiger charge is 2.30. The second-order valence-electron chi connectivity index (χ2n) is 6.34. The van der Waals surface area contributed by atoms with E-state index in [0.29, 0.717) is 5.69 Å². The lowest BCUT2D eigenvalue weighted by Gasteiger charge is -2.09. The second kappa shape index (κ2) is 9.22. The van der Waals surface area contributed by atoms with E-state index in [9.17, 15) is 27.6 Å². The van der Waals surface area contributed by atoms with E-state index >= 15 is 0 Å². The first-order valence-corrected chi connectivity index (χ1v) is 8.54. The molecule has 0 aromatic heterocycles. The summed E-state index contributed by atoms with van der Waals surface area (Å²) in [6.07, 6.45) is -4.50. The fraction of sp³-hybridized carbons (Fsp3) is 0.250. The number of halogens is 3. The van der Waals surface area contributed by atoms with E-state index in [1.54, 1.807) is 12.1 Å². The molecular formula is C20H19F3N2O4. The third-order valence-corrected chi connectivity index (χ3v) is 3.74. The lowest BCUT2D eigenvalue weighted by Crippen LogP contribution is -2.32. The number of amides is 2. The number of carbonyl (C=O) groups is 3. The van der Waals surface area contributed by atoms with E-state index in [4.69, 9.17) is 4.74 Å². The number of nitrogens with one attached hydrogen (secondary N) is 2. The van der Waals surface area contributed by atoms with Gasteiger partial charge in [0.05, 0.1) is 5.56 Å². The molecule has 6 nitrogen and oxygen atoms in total. The van der Waals surface area contributed by atoms with Crippen molar-refractivity contribution in [3.63, 3.8) is 0 Å². The monoisotopic (exact) mass is 408 g/mol.